The van der Waals surface area contributed by atoms with Gasteiger partial charge in [-0.3, -0.25) is 14.7 Å². The van der Waals surface area contributed by atoms with E-state index in [1.807, 2.05) is 0 Å². The van der Waals surface area contributed by atoms with Crippen molar-refractivity contribution in [2.24, 2.45) is 5.41 Å². The van der Waals surface area contributed by atoms with Gasteiger partial charge in [0.1, 0.15) is 0 Å². The highest BCUT2D eigenvalue weighted by atomic mass is 15.3. The van der Waals surface area contributed by atoms with Gasteiger partial charge in [-0.25, -0.2) is 0 Å². The van der Waals surface area contributed by atoms with E-state index in [9.17, 15) is 0 Å². The van der Waals surface area contributed by atoms with E-state index >= 15 is 0 Å². The second-order valence-corrected chi connectivity index (χ2v) is 12.7. The Morgan fingerprint density at radius 2 is 1.00 bits per heavy atom. The fourth-order valence-electron chi connectivity index (χ4n) is 6.37. The molecule has 0 saturated carbocycles. The van der Waals surface area contributed by atoms with Gasteiger partial charge in [-0.05, 0) is 112 Å². The average Bonchev–Trinajstić information content (AvgIpc) is 2.60. The van der Waals surface area contributed by atoms with E-state index in [1.165, 1.54) is 90.9 Å². The topological polar surface area (TPSA) is 13.0 Å². The van der Waals surface area contributed by atoms with Gasteiger partial charge in [0.25, 0.3) is 0 Å². The van der Waals surface area contributed by atoms with Gasteiger partial charge in [-0.1, -0.05) is 0 Å². The largest absolute Gasteiger partial charge is 0.300 e. The first-order valence-electron chi connectivity index (χ1n) is 12.5. The third-order valence-corrected chi connectivity index (χ3v) is 8.97. The Bertz CT molecular complexity index is 528. The Balaban J connectivity index is 1.18. The second-order valence-electron chi connectivity index (χ2n) is 12.7. The number of piperidine rings is 3. The SMILES string of the molecule is CC(C)(C)N1CCC2(CCN(C3CCN(C4CN(C(C)(C)C)C4)CC3)CC2)CC1. The van der Waals surface area contributed by atoms with Gasteiger partial charge in [-0.2, -0.15) is 0 Å². The maximum Gasteiger partial charge on any atom is 0.0350 e. The van der Waals surface area contributed by atoms with Crippen LogP contribution in [-0.4, -0.2) is 95.1 Å². The van der Waals surface area contributed by atoms with Crippen molar-refractivity contribution >= 4 is 0 Å². The van der Waals surface area contributed by atoms with Crippen molar-refractivity contribution in [2.45, 2.75) is 103 Å². The predicted molar refractivity (Wildman–Crippen MR) is 124 cm³/mol. The van der Waals surface area contributed by atoms with Crippen molar-refractivity contribution in [1.29, 1.82) is 0 Å². The molecular weight excluding hydrogens is 356 g/mol. The van der Waals surface area contributed by atoms with Gasteiger partial charge in [0.05, 0.1) is 0 Å². The van der Waals surface area contributed by atoms with E-state index in [4.69, 9.17) is 0 Å². The first-order chi connectivity index (χ1) is 13.6. The molecule has 0 bridgehead atoms. The summed E-state index contributed by atoms with van der Waals surface area (Å²) in [7, 11) is 0. The monoisotopic (exact) mass is 404 g/mol. The number of hydrogen-bond donors (Lipinski definition) is 0. The maximum absolute atomic E-state index is 2.88. The van der Waals surface area contributed by atoms with Crippen LogP contribution in [0.1, 0.15) is 80.1 Å². The minimum Gasteiger partial charge on any atom is -0.300 e. The molecule has 4 heterocycles. The summed E-state index contributed by atoms with van der Waals surface area (Å²) in [6, 6.07) is 1.69. The molecule has 4 saturated heterocycles. The summed E-state index contributed by atoms with van der Waals surface area (Å²) in [5, 5.41) is 0. The minimum atomic E-state index is 0.348. The van der Waals surface area contributed by atoms with Gasteiger partial charge in [0.2, 0.25) is 0 Å². The first-order valence-corrected chi connectivity index (χ1v) is 12.5. The summed E-state index contributed by atoms with van der Waals surface area (Å²) in [5.74, 6) is 0. The summed E-state index contributed by atoms with van der Waals surface area (Å²) in [4.78, 5) is 11.0. The van der Waals surface area contributed by atoms with Crippen LogP contribution in [0.3, 0.4) is 0 Å². The highest BCUT2D eigenvalue weighted by Gasteiger charge is 2.42. The lowest BCUT2D eigenvalue weighted by atomic mass is 9.70. The van der Waals surface area contributed by atoms with Gasteiger partial charge >= 0.3 is 0 Å². The second kappa shape index (κ2) is 8.07. The summed E-state index contributed by atoms with van der Waals surface area (Å²) < 4.78 is 0. The van der Waals surface area contributed by atoms with Crippen molar-refractivity contribution in [3.63, 3.8) is 0 Å². The van der Waals surface area contributed by atoms with Crippen molar-refractivity contribution < 1.29 is 0 Å². The number of hydrogen-bond acceptors (Lipinski definition) is 4. The number of rotatable bonds is 2. The van der Waals surface area contributed by atoms with Crippen LogP contribution < -0.4 is 0 Å². The fraction of sp³-hybridized carbons (Fsp3) is 1.00. The molecule has 1 spiro atoms. The summed E-state index contributed by atoms with van der Waals surface area (Å²) in [5.41, 5.74) is 1.36. The van der Waals surface area contributed by atoms with Crippen LogP contribution in [0, 0.1) is 5.41 Å². The van der Waals surface area contributed by atoms with Crippen LogP contribution in [-0.2, 0) is 0 Å². The molecular formula is C25H48N4. The first kappa shape index (κ1) is 22.0. The van der Waals surface area contributed by atoms with E-state index in [-0.39, 0.29) is 0 Å². The molecule has 4 rings (SSSR count). The van der Waals surface area contributed by atoms with Crippen molar-refractivity contribution in [2.75, 3.05) is 52.4 Å². The van der Waals surface area contributed by atoms with Crippen molar-refractivity contribution in [1.82, 2.24) is 19.6 Å². The molecule has 168 valence electrons. The minimum absolute atomic E-state index is 0.348. The Morgan fingerprint density at radius 1 is 0.552 bits per heavy atom. The zero-order valence-corrected chi connectivity index (χ0v) is 20.3. The third kappa shape index (κ3) is 4.86. The summed E-state index contributed by atoms with van der Waals surface area (Å²) in [6.07, 6.45) is 8.57. The van der Waals surface area contributed by atoms with E-state index in [0.717, 1.165) is 12.1 Å². The van der Waals surface area contributed by atoms with Gasteiger partial charge < -0.3 is 4.90 Å². The third-order valence-electron chi connectivity index (χ3n) is 8.97. The van der Waals surface area contributed by atoms with Gasteiger partial charge in [0.15, 0.2) is 0 Å². The lowest BCUT2D eigenvalue weighted by molar-refractivity contribution is -0.0459. The maximum atomic E-state index is 2.88. The van der Waals surface area contributed by atoms with Crippen LogP contribution in [0.25, 0.3) is 0 Å². The Hall–Kier alpha value is -0.160. The molecule has 4 aliphatic rings. The normalized spacial score (nSPS) is 30.0. The molecule has 0 radical (unpaired) electrons. The van der Waals surface area contributed by atoms with Crippen LogP contribution in [0.15, 0.2) is 0 Å². The van der Waals surface area contributed by atoms with Crippen LogP contribution in [0.4, 0.5) is 0 Å². The van der Waals surface area contributed by atoms with Crippen molar-refractivity contribution in [3.8, 4) is 0 Å². The molecule has 0 aromatic heterocycles. The number of nitrogens with zero attached hydrogens (tertiary/aromatic N) is 4. The molecule has 0 unspecified atom stereocenters. The van der Waals surface area contributed by atoms with Crippen molar-refractivity contribution in [3.05, 3.63) is 0 Å². The molecule has 0 aromatic carbocycles. The average molecular weight is 405 g/mol. The fourth-order valence-corrected chi connectivity index (χ4v) is 6.37. The van der Waals surface area contributed by atoms with Crippen LogP contribution >= 0.6 is 0 Å². The molecule has 0 amide bonds. The highest BCUT2D eigenvalue weighted by molar-refractivity contribution is 4.98. The van der Waals surface area contributed by atoms with Crippen LogP contribution in [0.5, 0.6) is 0 Å². The van der Waals surface area contributed by atoms with E-state index in [2.05, 4.69) is 61.1 Å². The Labute approximate surface area is 181 Å². The zero-order chi connectivity index (χ0) is 20.9. The molecule has 4 heteroatoms. The van der Waals surface area contributed by atoms with Gasteiger partial charge in [0, 0.05) is 49.3 Å². The number of likely N-dealkylation sites (tertiary alicyclic amines) is 4. The van der Waals surface area contributed by atoms with E-state index in [1.54, 1.807) is 0 Å². The molecule has 0 N–H and O–H groups in total. The molecule has 0 aliphatic carbocycles. The van der Waals surface area contributed by atoms with E-state index in [0.29, 0.717) is 16.5 Å². The highest BCUT2D eigenvalue weighted by Crippen LogP contribution is 2.43. The molecule has 4 fully saturated rings. The molecule has 0 atom stereocenters. The molecule has 29 heavy (non-hydrogen) atoms. The standard InChI is InChI=1S/C25H48N4/c1-23(2,3)28-17-11-25(12-18-28)9-15-27(16-10-25)21-7-13-26(14-8-21)22-19-29(20-22)24(4,5)6/h21-22H,7-20H2,1-6H3. The van der Waals surface area contributed by atoms with Gasteiger partial charge in [-0.15, -0.1) is 0 Å². The molecule has 0 aromatic rings. The molecule has 4 nitrogen and oxygen atoms in total. The Morgan fingerprint density at radius 3 is 1.48 bits per heavy atom. The smallest absolute Gasteiger partial charge is 0.0350 e. The quantitative estimate of drug-likeness (QED) is 0.692. The molecule has 4 aliphatic heterocycles. The van der Waals surface area contributed by atoms with Crippen LogP contribution in [0.2, 0.25) is 0 Å². The zero-order valence-electron chi connectivity index (χ0n) is 20.3. The Kier molecular flexibility index (Phi) is 6.14. The predicted octanol–water partition coefficient (Wildman–Crippen LogP) is 3.91. The summed E-state index contributed by atoms with van der Waals surface area (Å²) in [6.45, 7) is 24.8. The lowest BCUT2D eigenvalue weighted by Crippen LogP contribution is -2.66. The summed E-state index contributed by atoms with van der Waals surface area (Å²) >= 11 is 0. The van der Waals surface area contributed by atoms with E-state index < -0.39 is 0 Å². The lowest BCUT2D eigenvalue weighted by Gasteiger charge is -2.54.